The minimum atomic E-state index is -0.624. The summed E-state index contributed by atoms with van der Waals surface area (Å²) in [7, 11) is 1.35. The fourth-order valence-corrected chi connectivity index (χ4v) is 4.68. The van der Waals surface area contributed by atoms with Gasteiger partial charge < -0.3 is 15.0 Å². The Balaban J connectivity index is 1.48. The van der Waals surface area contributed by atoms with Crippen molar-refractivity contribution in [3.8, 4) is 11.1 Å². The van der Waals surface area contributed by atoms with Gasteiger partial charge in [0.2, 0.25) is 0 Å². The number of ether oxygens (including phenoxy) is 1. The first-order chi connectivity index (χ1) is 17.5. The van der Waals surface area contributed by atoms with Gasteiger partial charge in [0.1, 0.15) is 6.04 Å². The minimum absolute atomic E-state index is 0.0305. The highest BCUT2D eigenvalue weighted by Crippen LogP contribution is 2.32. The summed E-state index contributed by atoms with van der Waals surface area (Å²) >= 11 is 0. The van der Waals surface area contributed by atoms with Crippen LogP contribution in [0.2, 0.25) is 0 Å². The van der Waals surface area contributed by atoms with Crippen LogP contribution in [0.4, 0.5) is 5.69 Å². The van der Waals surface area contributed by atoms with Gasteiger partial charge in [-0.1, -0.05) is 71.0 Å². The summed E-state index contributed by atoms with van der Waals surface area (Å²) in [4.78, 5) is 39.8. The molecule has 0 spiro atoms. The lowest BCUT2D eigenvalue weighted by Gasteiger charge is -2.28. The van der Waals surface area contributed by atoms with Gasteiger partial charge in [0.15, 0.2) is 0 Å². The summed E-state index contributed by atoms with van der Waals surface area (Å²) in [6.45, 7) is 10.6. The average molecular weight is 499 g/mol. The van der Waals surface area contributed by atoms with Crippen LogP contribution in [0.3, 0.4) is 0 Å². The Morgan fingerprint density at radius 1 is 0.919 bits per heavy atom. The molecule has 1 unspecified atom stereocenters. The molecule has 3 aromatic rings. The molecule has 0 radical (unpaired) electrons. The van der Waals surface area contributed by atoms with Crippen LogP contribution in [0, 0.1) is 5.92 Å². The molecule has 0 saturated heterocycles. The molecule has 0 aromatic heterocycles. The predicted molar refractivity (Wildman–Crippen MR) is 145 cm³/mol. The van der Waals surface area contributed by atoms with Crippen molar-refractivity contribution in [2.45, 2.75) is 52.6 Å². The normalized spacial score (nSPS) is 13.9. The number of carbonyl (C=O) groups excluding carboxylic acids is 3. The number of methoxy groups -OCH3 is 1. The van der Waals surface area contributed by atoms with E-state index in [0.717, 1.165) is 16.7 Å². The molecule has 0 saturated carbocycles. The van der Waals surface area contributed by atoms with Crippen molar-refractivity contribution in [1.29, 1.82) is 0 Å². The summed E-state index contributed by atoms with van der Waals surface area (Å²) in [5.74, 6) is -0.799. The molecule has 6 nitrogen and oxygen atoms in total. The molecule has 0 fully saturated rings. The van der Waals surface area contributed by atoms with E-state index in [9.17, 15) is 14.4 Å². The van der Waals surface area contributed by atoms with Gasteiger partial charge in [0.05, 0.1) is 7.11 Å². The number of esters is 1. The first-order valence-corrected chi connectivity index (χ1v) is 12.5. The van der Waals surface area contributed by atoms with Crippen LogP contribution < -0.4 is 5.32 Å². The number of carbonyl (C=O) groups is 3. The molecular formula is C31H34N2O4. The van der Waals surface area contributed by atoms with Crippen molar-refractivity contribution in [2.24, 2.45) is 5.92 Å². The maximum Gasteiger partial charge on any atom is 0.328 e. The van der Waals surface area contributed by atoms with Crippen LogP contribution in [0.1, 0.15) is 66.5 Å². The molecule has 192 valence electrons. The molecular weight excluding hydrogens is 464 g/mol. The topological polar surface area (TPSA) is 75.7 Å². The third-order valence-corrected chi connectivity index (χ3v) is 6.84. The van der Waals surface area contributed by atoms with Crippen molar-refractivity contribution in [3.05, 3.63) is 89.0 Å². The van der Waals surface area contributed by atoms with Gasteiger partial charge in [0, 0.05) is 23.4 Å². The highest BCUT2D eigenvalue weighted by Gasteiger charge is 2.38. The summed E-state index contributed by atoms with van der Waals surface area (Å²) in [6.07, 6.45) is 0. The van der Waals surface area contributed by atoms with Gasteiger partial charge in [-0.2, -0.15) is 0 Å². The SMILES string of the molecule is COC(=O)C(C(C)C)N1Cc2ccc(-c3ccc(NC(=O)c4ccc(C(C)(C)C)cc4)cc3)cc2C1=O. The number of hydrogen-bond acceptors (Lipinski definition) is 4. The van der Waals surface area contributed by atoms with E-state index in [0.29, 0.717) is 23.4 Å². The second kappa shape index (κ2) is 10.2. The number of nitrogens with one attached hydrogen (secondary N) is 1. The Morgan fingerprint density at radius 3 is 2.11 bits per heavy atom. The van der Waals surface area contributed by atoms with Crippen molar-refractivity contribution >= 4 is 23.5 Å². The zero-order valence-corrected chi connectivity index (χ0v) is 22.3. The predicted octanol–water partition coefficient (Wildman–Crippen LogP) is 6.06. The monoisotopic (exact) mass is 498 g/mol. The quantitative estimate of drug-likeness (QED) is 0.420. The molecule has 1 atom stereocenters. The zero-order valence-electron chi connectivity index (χ0n) is 22.3. The van der Waals surface area contributed by atoms with E-state index in [1.807, 2.05) is 80.6 Å². The molecule has 2 amide bonds. The molecule has 4 rings (SSSR count). The molecule has 3 aromatic carbocycles. The molecule has 1 N–H and O–H groups in total. The van der Waals surface area contributed by atoms with Crippen LogP contribution in [0.25, 0.3) is 11.1 Å². The van der Waals surface area contributed by atoms with Crippen LogP contribution in [-0.4, -0.2) is 35.8 Å². The molecule has 37 heavy (non-hydrogen) atoms. The Bertz CT molecular complexity index is 1320. The summed E-state index contributed by atoms with van der Waals surface area (Å²) < 4.78 is 4.95. The number of nitrogens with zero attached hydrogens (tertiary/aromatic N) is 1. The first kappa shape index (κ1) is 26.1. The Kier molecular flexibility index (Phi) is 7.21. The maximum absolute atomic E-state index is 13.2. The second-order valence-corrected chi connectivity index (χ2v) is 10.9. The van der Waals surface area contributed by atoms with Crippen molar-refractivity contribution < 1.29 is 19.1 Å². The van der Waals surface area contributed by atoms with Gasteiger partial charge in [-0.3, -0.25) is 9.59 Å². The number of hydrogen-bond donors (Lipinski definition) is 1. The van der Waals surface area contributed by atoms with Gasteiger partial charge in [-0.25, -0.2) is 4.79 Å². The van der Waals surface area contributed by atoms with Crippen LogP contribution >= 0.6 is 0 Å². The van der Waals surface area contributed by atoms with E-state index in [4.69, 9.17) is 4.74 Å². The number of rotatable bonds is 6. The summed E-state index contributed by atoms with van der Waals surface area (Å²) in [6, 6.07) is 20.4. The van der Waals surface area contributed by atoms with Crippen LogP contribution in [-0.2, 0) is 21.5 Å². The maximum atomic E-state index is 13.2. The zero-order chi connectivity index (χ0) is 26.9. The van der Waals surface area contributed by atoms with E-state index < -0.39 is 12.0 Å². The molecule has 0 bridgehead atoms. The third kappa shape index (κ3) is 5.43. The average Bonchev–Trinajstić information content (AvgIpc) is 3.19. The molecule has 1 aliphatic rings. The summed E-state index contributed by atoms with van der Waals surface area (Å²) in [5, 5.41) is 2.95. The van der Waals surface area contributed by atoms with Gasteiger partial charge >= 0.3 is 5.97 Å². The Morgan fingerprint density at radius 2 is 1.54 bits per heavy atom. The van der Waals surface area contributed by atoms with Crippen molar-refractivity contribution in [3.63, 3.8) is 0 Å². The number of benzene rings is 3. The lowest BCUT2D eigenvalue weighted by molar-refractivity contribution is -0.147. The highest BCUT2D eigenvalue weighted by molar-refractivity contribution is 6.04. The first-order valence-electron chi connectivity index (χ1n) is 12.5. The van der Waals surface area contributed by atoms with Gasteiger partial charge in [-0.15, -0.1) is 0 Å². The van der Waals surface area contributed by atoms with Crippen molar-refractivity contribution in [1.82, 2.24) is 4.90 Å². The standard InChI is InChI=1S/C31H34N2O4/c1-19(2)27(30(36)37-6)33-18-23-8-7-22(17-26(23)29(33)35)20-11-15-25(16-12-20)32-28(34)21-9-13-24(14-10-21)31(3,4)5/h7-17,19,27H,18H2,1-6H3,(H,32,34). The smallest absolute Gasteiger partial charge is 0.328 e. The van der Waals surface area contributed by atoms with E-state index >= 15 is 0 Å². The largest absolute Gasteiger partial charge is 0.467 e. The number of amides is 2. The van der Waals surface area contributed by atoms with E-state index in [-0.39, 0.29) is 23.1 Å². The number of anilines is 1. The van der Waals surface area contributed by atoms with Crippen LogP contribution in [0.15, 0.2) is 66.7 Å². The van der Waals surface area contributed by atoms with E-state index in [1.54, 1.807) is 4.90 Å². The number of fused-ring (bicyclic) bond motifs is 1. The van der Waals surface area contributed by atoms with Crippen LogP contribution in [0.5, 0.6) is 0 Å². The van der Waals surface area contributed by atoms with E-state index in [2.05, 4.69) is 26.1 Å². The lowest BCUT2D eigenvalue weighted by atomic mass is 9.87. The second-order valence-electron chi connectivity index (χ2n) is 10.9. The molecule has 1 heterocycles. The Labute approximate surface area is 218 Å². The highest BCUT2D eigenvalue weighted by atomic mass is 16.5. The third-order valence-electron chi connectivity index (χ3n) is 6.84. The summed E-state index contributed by atoms with van der Waals surface area (Å²) in [5.41, 5.74) is 5.81. The minimum Gasteiger partial charge on any atom is -0.467 e. The fraction of sp³-hybridized carbons (Fsp3) is 0.323. The van der Waals surface area contributed by atoms with E-state index in [1.165, 1.54) is 12.7 Å². The van der Waals surface area contributed by atoms with Crippen molar-refractivity contribution in [2.75, 3.05) is 12.4 Å². The lowest BCUT2D eigenvalue weighted by Crippen LogP contribution is -2.45. The molecule has 6 heteroatoms. The Hall–Kier alpha value is -3.93. The van der Waals surface area contributed by atoms with Gasteiger partial charge in [-0.05, 0) is 63.9 Å². The fourth-order valence-electron chi connectivity index (χ4n) is 4.68. The molecule has 1 aliphatic heterocycles. The van der Waals surface area contributed by atoms with Gasteiger partial charge in [0.25, 0.3) is 11.8 Å². The molecule has 0 aliphatic carbocycles.